The lowest BCUT2D eigenvalue weighted by molar-refractivity contribution is -0.167. The summed E-state index contributed by atoms with van der Waals surface area (Å²) in [4.78, 5) is 51.7. The number of rotatable bonds is 41. The zero-order valence-electron chi connectivity index (χ0n) is 38.0. The molecule has 0 aromatic carbocycles. The third-order valence-electron chi connectivity index (χ3n) is 9.88. The van der Waals surface area contributed by atoms with Crippen LogP contribution < -0.4 is 5.32 Å². The zero-order chi connectivity index (χ0) is 43.3. The highest BCUT2D eigenvalue weighted by atomic mass is 16.6. The van der Waals surface area contributed by atoms with Crippen molar-refractivity contribution >= 4 is 24.0 Å². The topological polar surface area (TPSA) is 120 Å². The van der Waals surface area contributed by atoms with Crippen LogP contribution in [0.2, 0.25) is 0 Å². The number of likely N-dealkylation sites (N-methyl/N-ethyl adjacent to an activating group) is 1. The monoisotopic (exact) mass is 831 g/mol. The van der Waals surface area contributed by atoms with E-state index in [4.69, 9.17) is 18.9 Å². The van der Waals surface area contributed by atoms with E-state index in [2.05, 4.69) is 72.7 Å². The number of carbonyl (C=O) groups is 4. The molecule has 0 saturated carbocycles. The van der Waals surface area contributed by atoms with Crippen LogP contribution in [0.5, 0.6) is 0 Å². The molecule has 0 spiro atoms. The normalized spacial score (nSPS) is 11.8. The molecule has 0 rings (SSSR count). The van der Waals surface area contributed by atoms with E-state index >= 15 is 0 Å². The summed E-state index contributed by atoms with van der Waals surface area (Å²) < 4.78 is 21.6. The van der Waals surface area contributed by atoms with Gasteiger partial charge in [-0.15, -0.1) is 0 Å². The summed E-state index contributed by atoms with van der Waals surface area (Å²) in [5.74, 6) is -1.27. The van der Waals surface area contributed by atoms with Crippen LogP contribution in [0.1, 0.15) is 188 Å². The number of nitrogens with one attached hydrogen (secondary N) is 1. The van der Waals surface area contributed by atoms with Crippen molar-refractivity contribution in [2.24, 2.45) is 0 Å². The predicted molar refractivity (Wildman–Crippen MR) is 242 cm³/mol. The van der Waals surface area contributed by atoms with Crippen LogP contribution in [0.15, 0.2) is 48.6 Å². The van der Waals surface area contributed by atoms with Gasteiger partial charge in [0.2, 0.25) is 0 Å². The first-order valence-electron chi connectivity index (χ1n) is 23.5. The minimum absolute atomic E-state index is 0.00216. The number of hydrogen-bond donors (Lipinski definition) is 1. The first kappa shape index (κ1) is 55.6. The summed E-state index contributed by atoms with van der Waals surface area (Å²) in [6, 6.07) is 0. The van der Waals surface area contributed by atoms with Gasteiger partial charge in [-0.3, -0.25) is 14.4 Å². The van der Waals surface area contributed by atoms with E-state index in [1.165, 1.54) is 51.4 Å². The van der Waals surface area contributed by atoms with Crippen LogP contribution in [-0.4, -0.2) is 81.5 Å². The number of carbonyl (C=O) groups excluding carboxylic acids is 4. The molecule has 0 aromatic rings. The van der Waals surface area contributed by atoms with Crippen molar-refractivity contribution < 1.29 is 38.1 Å². The molecule has 59 heavy (non-hydrogen) atoms. The highest BCUT2D eigenvalue weighted by Gasteiger charge is 2.20. The number of nitrogens with zero attached hydrogens (tertiary/aromatic N) is 1. The summed E-state index contributed by atoms with van der Waals surface area (Å²) >= 11 is 0. The summed E-state index contributed by atoms with van der Waals surface area (Å²) in [6.07, 6.45) is 41.6. The molecular weight excluding hydrogens is 745 g/mol. The van der Waals surface area contributed by atoms with Gasteiger partial charge in [-0.05, 0) is 97.1 Å². The van der Waals surface area contributed by atoms with E-state index in [1.807, 2.05) is 14.0 Å². The Hall–Kier alpha value is -3.40. The molecule has 0 heterocycles. The van der Waals surface area contributed by atoms with Gasteiger partial charge in [-0.25, -0.2) is 4.79 Å². The van der Waals surface area contributed by atoms with E-state index in [1.54, 1.807) is 0 Å². The Balaban J connectivity index is 4.48. The lowest BCUT2D eigenvalue weighted by Gasteiger charge is -2.18. The number of alkyl carbamates (subject to hydrolysis) is 1. The third-order valence-corrected chi connectivity index (χ3v) is 9.88. The van der Waals surface area contributed by atoms with Crippen LogP contribution in [0.3, 0.4) is 0 Å². The van der Waals surface area contributed by atoms with E-state index in [9.17, 15) is 19.2 Å². The van der Waals surface area contributed by atoms with Gasteiger partial charge in [-0.2, -0.15) is 0 Å². The van der Waals surface area contributed by atoms with Gasteiger partial charge in [0.1, 0.15) is 13.2 Å². The van der Waals surface area contributed by atoms with E-state index in [0.717, 1.165) is 96.4 Å². The molecule has 10 nitrogen and oxygen atoms in total. The van der Waals surface area contributed by atoms with Crippen LogP contribution >= 0.6 is 0 Å². The molecule has 0 aliphatic rings. The molecule has 0 aromatic heterocycles. The van der Waals surface area contributed by atoms with E-state index < -0.39 is 18.2 Å². The smallest absolute Gasteiger partial charge is 0.407 e. The molecule has 1 N–H and O–H groups in total. The van der Waals surface area contributed by atoms with Gasteiger partial charge in [-0.1, -0.05) is 134 Å². The molecule has 0 radical (unpaired) electrons. The van der Waals surface area contributed by atoms with Crippen molar-refractivity contribution in [1.82, 2.24) is 10.2 Å². The summed E-state index contributed by atoms with van der Waals surface area (Å²) in [5, 5.41) is 2.68. The Bertz CT molecular complexity index is 1070. The van der Waals surface area contributed by atoms with Gasteiger partial charge in [0.15, 0.2) is 6.10 Å². The van der Waals surface area contributed by atoms with Crippen molar-refractivity contribution in [3.63, 3.8) is 0 Å². The fraction of sp³-hybridized carbons (Fsp3) is 0.755. The van der Waals surface area contributed by atoms with E-state index in [-0.39, 0.29) is 57.4 Å². The average Bonchev–Trinajstić information content (AvgIpc) is 3.23. The molecule has 10 heteroatoms. The standard InChI is InChI=1S/C49H86N2O8/c1-5-8-10-12-14-16-18-20-22-24-26-28-30-32-34-37-46(52)57-43-45(59-48(54)39-36-42-56-49(55)50-40-41-51(4)7-3)44-58-47(53)38-35-33-31-29-27-25-23-21-19-17-15-13-11-9-6-2/h14-17,20-23,45H,5-13,18-19,24-44H2,1-4H3,(H,50,55)/b16-14-,17-15-,22-20-,23-21-. The summed E-state index contributed by atoms with van der Waals surface area (Å²) in [6.45, 7) is 8.23. The largest absolute Gasteiger partial charge is 0.462 e. The summed E-state index contributed by atoms with van der Waals surface area (Å²) in [5.41, 5.74) is 0. The minimum atomic E-state index is -0.913. The fourth-order valence-electron chi connectivity index (χ4n) is 5.98. The maximum Gasteiger partial charge on any atom is 0.407 e. The van der Waals surface area contributed by atoms with Crippen LogP contribution in [0.4, 0.5) is 4.79 Å². The van der Waals surface area contributed by atoms with Crippen molar-refractivity contribution in [2.45, 2.75) is 194 Å². The average molecular weight is 831 g/mol. The van der Waals surface area contributed by atoms with Gasteiger partial charge < -0.3 is 29.2 Å². The Labute approximate surface area is 360 Å². The second-order valence-electron chi connectivity index (χ2n) is 15.5. The third kappa shape index (κ3) is 42.5. The first-order chi connectivity index (χ1) is 28.8. The molecule has 1 amide bonds. The second kappa shape index (κ2) is 44.2. The van der Waals surface area contributed by atoms with Gasteiger partial charge >= 0.3 is 24.0 Å². The number of allylic oxidation sites excluding steroid dienone is 8. The molecule has 0 unspecified atom stereocenters. The van der Waals surface area contributed by atoms with Gasteiger partial charge in [0, 0.05) is 32.4 Å². The molecule has 0 bridgehead atoms. The molecule has 0 aliphatic heterocycles. The van der Waals surface area contributed by atoms with Crippen molar-refractivity contribution in [1.29, 1.82) is 0 Å². The van der Waals surface area contributed by atoms with Crippen LogP contribution in [0, 0.1) is 0 Å². The van der Waals surface area contributed by atoms with E-state index in [0.29, 0.717) is 13.1 Å². The minimum Gasteiger partial charge on any atom is -0.462 e. The van der Waals surface area contributed by atoms with Gasteiger partial charge in [0.25, 0.3) is 0 Å². The van der Waals surface area contributed by atoms with Crippen molar-refractivity contribution in [2.75, 3.05) is 46.5 Å². The first-order valence-corrected chi connectivity index (χ1v) is 23.5. The molecule has 0 fully saturated rings. The molecule has 340 valence electrons. The molecular formula is C49H86N2O8. The molecule has 0 atom stereocenters. The zero-order valence-corrected chi connectivity index (χ0v) is 38.0. The molecule has 0 aliphatic carbocycles. The lowest BCUT2D eigenvalue weighted by Crippen LogP contribution is -2.33. The predicted octanol–water partition coefficient (Wildman–Crippen LogP) is 12.1. The Morgan fingerprint density at radius 2 is 0.932 bits per heavy atom. The quantitative estimate of drug-likeness (QED) is 0.0278. The SMILES string of the molecule is CCCCC/C=C\C/C=C\CCCCCCCC(=O)OCC(COC(=O)CCCCCCC/C=C\C/C=C\CCCCC)OC(=O)CCCOC(=O)NCCN(C)CC. The fourth-order valence-corrected chi connectivity index (χ4v) is 5.98. The molecule has 0 saturated heterocycles. The Kier molecular flexibility index (Phi) is 41.6. The number of ether oxygens (including phenoxy) is 4. The highest BCUT2D eigenvalue weighted by Crippen LogP contribution is 2.12. The number of amides is 1. The van der Waals surface area contributed by atoms with Crippen LogP contribution in [-0.2, 0) is 33.3 Å². The lowest BCUT2D eigenvalue weighted by atomic mass is 10.1. The Morgan fingerprint density at radius 1 is 0.508 bits per heavy atom. The second-order valence-corrected chi connectivity index (χ2v) is 15.5. The number of esters is 3. The maximum atomic E-state index is 12.6. The van der Waals surface area contributed by atoms with Crippen molar-refractivity contribution in [3.8, 4) is 0 Å². The maximum absolute atomic E-state index is 12.6. The number of hydrogen-bond acceptors (Lipinski definition) is 9. The Morgan fingerprint density at radius 3 is 1.39 bits per heavy atom. The summed E-state index contributed by atoms with van der Waals surface area (Å²) in [7, 11) is 1.96. The van der Waals surface area contributed by atoms with Gasteiger partial charge in [0.05, 0.1) is 6.61 Å². The highest BCUT2D eigenvalue weighted by molar-refractivity contribution is 5.71. The number of unbranched alkanes of at least 4 members (excludes halogenated alkanes) is 16. The van der Waals surface area contributed by atoms with Crippen molar-refractivity contribution in [3.05, 3.63) is 48.6 Å². The van der Waals surface area contributed by atoms with Crippen LogP contribution in [0.25, 0.3) is 0 Å².